The molecule has 9 heteroatoms. The van der Waals surface area contributed by atoms with Crippen LogP contribution in [0.5, 0.6) is 0 Å². The van der Waals surface area contributed by atoms with E-state index in [2.05, 4.69) is 29.7 Å². The second kappa shape index (κ2) is 5.93. The fraction of sp³-hybridized carbons (Fsp3) is 0.333. The number of hydrogen-bond acceptors (Lipinski definition) is 7. The zero-order valence-corrected chi connectivity index (χ0v) is 13.0. The Hall–Kier alpha value is -2.94. The quantitative estimate of drug-likeness (QED) is 0.656. The Balaban J connectivity index is 1.57. The lowest BCUT2D eigenvalue weighted by atomic mass is 10.2. The van der Waals surface area contributed by atoms with Gasteiger partial charge in [0.15, 0.2) is 5.65 Å². The van der Waals surface area contributed by atoms with Gasteiger partial charge in [-0.15, -0.1) is 4.73 Å². The smallest absolute Gasteiger partial charge is 0.384 e. The molecular formula is C15H17N7O2. The number of fused-ring (bicyclic) bond motifs is 1. The van der Waals surface area contributed by atoms with Gasteiger partial charge >= 0.3 is 5.69 Å². The number of H-pyrrole nitrogens is 1. The van der Waals surface area contributed by atoms with Gasteiger partial charge in [0.25, 0.3) is 0 Å². The molecule has 1 saturated heterocycles. The Morgan fingerprint density at radius 2 is 2.00 bits per heavy atom. The van der Waals surface area contributed by atoms with Crippen LogP contribution >= 0.6 is 0 Å². The number of aromatic nitrogens is 5. The summed E-state index contributed by atoms with van der Waals surface area (Å²) < 4.78 is 0.492. The number of nitrogens with one attached hydrogen (secondary N) is 1. The predicted molar refractivity (Wildman–Crippen MR) is 87.1 cm³/mol. The minimum Gasteiger partial charge on any atom is -0.422 e. The average Bonchev–Trinajstić information content (AvgIpc) is 3.12. The van der Waals surface area contributed by atoms with Gasteiger partial charge in [-0.1, -0.05) is 0 Å². The van der Waals surface area contributed by atoms with E-state index in [-0.39, 0.29) is 5.65 Å². The summed E-state index contributed by atoms with van der Waals surface area (Å²) in [6.45, 7) is 3.94. The first-order valence-corrected chi connectivity index (χ1v) is 7.75. The van der Waals surface area contributed by atoms with E-state index in [1.807, 2.05) is 12.3 Å². The lowest BCUT2D eigenvalue weighted by Gasteiger charge is -2.35. The van der Waals surface area contributed by atoms with Gasteiger partial charge in [0.05, 0.1) is 11.9 Å². The van der Waals surface area contributed by atoms with Crippen molar-refractivity contribution in [2.75, 3.05) is 31.1 Å². The van der Waals surface area contributed by atoms with Crippen molar-refractivity contribution in [3.8, 4) is 0 Å². The lowest BCUT2D eigenvalue weighted by Crippen LogP contribution is -2.47. The van der Waals surface area contributed by atoms with Crippen molar-refractivity contribution in [3.05, 3.63) is 47.0 Å². The molecule has 4 heterocycles. The summed E-state index contributed by atoms with van der Waals surface area (Å²) in [7, 11) is 0. The highest BCUT2D eigenvalue weighted by atomic mass is 16.5. The minimum atomic E-state index is -0.714. The molecule has 0 amide bonds. The van der Waals surface area contributed by atoms with Crippen LogP contribution in [0.2, 0.25) is 0 Å². The van der Waals surface area contributed by atoms with Crippen LogP contribution < -0.4 is 10.6 Å². The van der Waals surface area contributed by atoms with Crippen LogP contribution in [0.4, 0.5) is 5.82 Å². The van der Waals surface area contributed by atoms with Crippen LogP contribution in [0.1, 0.15) is 5.82 Å². The monoisotopic (exact) mass is 327 g/mol. The van der Waals surface area contributed by atoms with Crippen molar-refractivity contribution in [1.29, 1.82) is 0 Å². The number of imidazole rings is 1. The molecule has 0 spiro atoms. The second-order valence-corrected chi connectivity index (χ2v) is 5.70. The Morgan fingerprint density at radius 1 is 1.17 bits per heavy atom. The Kier molecular flexibility index (Phi) is 3.62. The van der Waals surface area contributed by atoms with Crippen molar-refractivity contribution in [1.82, 2.24) is 29.6 Å². The molecular weight excluding hydrogens is 310 g/mol. The maximum absolute atomic E-state index is 11.9. The fourth-order valence-corrected chi connectivity index (χ4v) is 2.98. The molecule has 24 heavy (non-hydrogen) atoms. The largest absolute Gasteiger partial charge is 0.422 e. The van der Waals surface area contributed by atoms with Crippen molar-refractivity contribution in [2.45, 2.75) is 6.54 Å². The lowest BCUT2D eigenvalue weighted by molar-refractivity contribution is 0.182. The molecule has 3 aromatic rings. The molecule has 0 radical (unpaired) electrons. The third-order valence-electron chi connectivity index (χ3n) is 4.21. The average molecular weight is 327 g/mol. The van der Waals surface area contributed by atoms with Crippen molar-refractivity contribution in [2.24, 2.45) is 0 Å². The van der Waals surface area contributed by atoms with E-state index in [1.165, 1.54) is 0 Å². The van der Waals surface area contributed by atoms with Crippen LogP contribution in [0.25, 0.3) is 11.0 Å². The molecule has 0 aromatic carbocycles. The molecule has 0 aliphatic carbocycles. The Labute approximate surface area is 137 Å². The van der Waals surface area contributed by atoms with Crippen LogP contribution in [0, 0.1) is 0 Å². The highest BCUT2D eigenvalue weighted by molar-refractivity contribution is 5.86. The van der Waals surface area contributed by atoms with E-state index < -0.39 is 5.69 Å². The predicted octanol–water partition coefficient (Wildman–Crippen LogP) is 0.0741. The molecule has 0 saturated carbocycles. The Bertz CT molecular complexity index is 898. The topological polar surface area (TPSA) is 103 Å². The van der Waals surface area contributed by atoms with E-state index in [9.17, 15) is 10.0 Å². The standard InChI is InChI=1S/C15H17N7O2/c23-15-19-14(11-2-1-3-18-13(11)22(15)24)21-8-6-20(7-9-21)10-12-16-4-5-17-12/h1-5,24H,6-10H2,(H,16,17). The van der Waals surface area contributed by atoms with Gasteiger partial charge in [-0.05, 0) is 12.1 Å². The third-order valence-corrected chi connectivity index (χ3v) is 4.21. The zero-order chi connectivity index (χ0) is 16.5. The first-order chi connectivity index (χ1) is 11.7. The first-order valence-electron chi connectivity index (χ1n) is 7.75. The number of rotatable bonds is 3. The van der Waals surface area contributed by atoms with E-state index in [0.29, 0.717) is 15.9 Å². The maximum atomic E-state index is 11.9. The van der Waals surface area contributed by atoms with Gasteiger partial charge in [0, 0.05) is 44.8 Å². The van der Waals surface area contributed by atoms with E-state index in [0.717, 1.165) is 38.5 Å². The summed E-state index contributed by atoms with van der Waals surface area (Å²) in [6.07, 6.45) is 5.11. The van der Waals surface area contributed by atoms with Gasteiger partial charge in [-0.2, -0.15) is 4.98 Å². The van der Waals surface area contributed by atoms with E-state index >= 15 is 0 Å². The summed E-state index contributed by atoms with van der Waals surface area (Å²) in [5.74, 6) is 1.52. The van der Waals surface area contributed by atoms with Crippen molar-refractivity contribution >= 4 is 16.9 Å². The number of pyridine rings is 1. The normalized spacial score (nSPS) is 15.9. The molecule has 0 atom stereocenters. The number of nitrogens with zero attached hydrogens (tertiary/aromatic N) is 6. The van der Waals surface area contributed by atoms with Crippen molar-refractivity contribution in [3.63, 3.8) is 0 Å². The van der Waals surface area contributed by atoms with Gasteiger partial charge < -0.3 is 15.1 Å². The molecule has 1 aliphatic heterocycles. The number of hydrogen-bond donors (Lipinski definition) is 2. The van der Waals surface area contributed by atoms with Crippen LogP contribution in [0.3, 0.4) is 0 Å². The van der Waals surface area contributed by atoms with Crippen LogP contribution in [0.15, 0.2) is 35.5 Å². The SMILES string of the molecule is O=c1nc(N2CCN(Cc3ncc[nH]3)CC2)c2cccnc2n1O. The number of anilines is 1. The molecule has 3 aromatic heterocycles. The van der Waals surface area contributed by atoms with Gasteiger partial charge in [-0.25, -0.2) is 14.8 Å². The van der Waals surface area contributed by atoms with E-state index in [1.54, 1.807) is 18.5 Å². The Morgan fingerprint density at radius 3 is 2.75 bits per heavy atom. The van der Waals surface area contributed by atoms with Crippen LogP contribution in [-0.4, -0.2) is 61.0 Å². The summed E-state index contributed by atoms with van der Waals surface area (Å²) in [6, 6.07) is 3.58. The van der Waals surface area contributed by atoms with Gasteiger partial charge in [0.1, 0.15) is 11.6 Å². The number of piperazine rings is 1. The first kappa shape index (κ1) is 14.6. The molecule has 124 valence electrons. The molecule has 1 aliphatic rings. The third kappa shape index (κ3) is 2.58. The summed E-state index contributed by atoms with van der Waals surface area (Å²) in [4.78, 5) is 31.7. The molecule has 0 bridgehead atoms. The zero-order valence-electron chi connectivity index (χ0n) is 13.0. The highest BCUT2D eigenvalue weighted by Gasteiger charge is 2.22. The molecule has 1 fully saturated rings. The molecule has 0 unspecified atom stereocenters. The second-order valence-electron chi connectivity index (χ2n) is 5.70. The summed E-state index contributed by atoms with van der Waals surface area (Å²) in [5.41, 5.74) is -0.486. The fourth-order valence-electron chi connectivity index (χ4n) is 2.98. The van der Waals surface area contributed by atoms with Gasteiger partial charge in [-0.3, -0.25) is 4.90 Å². The summed E-state index contributed by atoms with van der Waals surface area (Å²) in [5, 5.41) is 10.5. The van der Waals surface area contributed by atoms with E-state index in [4.69, 9.17) is 0 Å². The van der Waals surface area contributed by atoms with Crippen LogP contribution in [-0.2, 0) is 6.54 Å². The van der Waals surface area contributed by atoms with Crippen molar-refractivity contribution < 1.29 is 5.21 Å². The number of aromatic amines is 1. The molecule has 9 nitrogen and oxygen atoms in total. The molecule has 4 rings (SSSR count). The molecule has 2 N–H and O–H groups in total. The minimum absolute atomic E-state index is 0.227. The summed E-state index contributed by atoms with van der Waals surface area (Å²) >= 11 is 0. The van der Waals surface area contributed by atoms with Gasteiger partial charge in [0.2, 0.25) is 0 Å². The maximum Gasteiger partial charge on any atom is 0.384 e. The highest BCUT2D eigenvalue weighted by Crippen LogP contribution is 2.22.